The molecule has 0 aliphatic rings. The molecule has 0 unspecified atom stereocenters. The summed E-state index contributed by atoms with van der Waals surface area (Å²) in [5.41, 5.74) is 4.65. The number of aromatic nitrogens is 1. The molecule has 0 bridgehead atoms. The van der Waals surface area contributed by atoms with E-state index in [-0.39, 0.29) is 0 Å². The summed E-state index contributed by atoms with van der Waals surface area (Å²) in [7, 11) is 0. The first-order valence-electron chi connectivity index (χ1n) is 10.7. The molecule has 1 heterocycles. The van der Waals surface area contributed by atoms with Gasteiger partial charge < -0.3 is 9.47 Å². The lowest BCUT2D eigenvalue weighted by molar-refractivity contribution is 0.322. The fourth-order valence-electron chi connectivity index (χ4n) is 3.22. The molecular weight excluding hydrogens is 404 g/mol. The van der Waals surface area contributed by atoms with Gasteiger partial charge in [0.1, 0.15) is 22.6 Å². The van der Waals surface area contributed by atoms with Crippen molar-refractivity contribution in [2.24, 2.45) is 0 Å². The summed E-state index contributed by atoms with van der Waals surface area (Å²) in [6, 6.07) is 16.5. The highest BCUT2D eigenvalue weighted by Gasteiger charge is 2.12. The highest BCUT2D eigenvalue weighted by atomic mass is 32.1. The molecule has 0 fully saturated rings. The highest BCUT2D eigenvalue weighted by molar-refractivity contribution is 7.11. The maximum Gasteiger partial charge on any atom is 0.134 e. The van der Waals surface area contributed by atoms with Crippen molar-refractivity contribution in [2.75, 3.05) is 13.2 Å². The normalized spacial score (nSPS) is 11.2. The van der Waals surface area contributed by atoms with Crippen molar-refractivity contribution in [3.05, 3.63) is 64.0 Å². The second-order valence-electron chi connectivity index (χ2n) is 7.07. The summed E-state index contributed by atoms with van der Waals surface area (Å²) >= 11 is 1.48. The van der Waals surface area contributed by atoms with E-state index in [0.717, 1.165) is 29.0 Å². The molecular formula is C26H28N2O2S. The first kappa shape index (κ1) is 22.6. The molecule has 3 rings (SSSR count). The van der Waals surface area contributed by atoms with Gasteiger partial charge in [0.2, 0.25) is 0 Å². The van der Waals surface area contributed by atoms with Gasteiger partial charge in [-0.1, -0.05) is 37.6 Å². The number of thiazole rings is 1. The third kappa shape index (κ3) is 5.96. The number of unbranched alkanes of at least 4 members (excludes halogenated alkanes) is 1. The van der Waals surface area contributed by atoms with Crippen LogP contribution in [0.1, 0.15) is 49.7 Å². The van der Waals surface area contributed by atoms with E-state index < -0.39 is 0 Å². The molecule has 5 heteroatoms. The van der Waals surface area contributed by atoms with Crippen LogP contribution in [0.3, 0.4) is 0 Å². The fraction of sp³-hybridized carbons (Fsp3) is 0.308. The van der Waals surface area contributed by atoms with E-state index in [1.165, 1.54) is 29.7 Å². The van der Waals surface area contributed by atoms with Crippen molar-refractivity contribution in [1.82, 2.24) is 4.98 Å². The number of hydrogen-bond acceptors (Lipinski definition) is 5. The van der Waals surface area contributed by atoms with Crippen LogP contribution in [0.2, 0.25) is 0 Å². The van der Waals surface area contributed by atoms with Gasteiger partial charge in [0.25, 0.3) is 0 Å². The fourth-order valence-corrected chi connectivity index (χ4v) is 4.02. The molecule has 2 aromatic carbocycles. The van der Waals surface area contributed by atoms with Crippen molar-refractivity contribution in [2.45, 2.75) is 40.0 Å². The number of allylic oxidation sites excluding steroid dienone is 1. The Hall–Kier alpha value is -3.10. The minimum Gasteiger partial charge on any atom is -0.494 e. The van der Waals surface area contributed by atoms with Crippen LogP contribution >= 0.6 is 11.3 Å². The molecule has 0 saturated carbocycles. The number of nitriles is 1. The first-order valence-corrected chi connectivity index (χ1v) is 11.6. The summed E-state index contributed by atoms with van der Waals surface area (Å²) in [4.78, 5) is 4.72. The molecule has 4 nitrogen and oxygen atoms in total. The Bertz CT molecular complexity index is 1060. The molecule has 0 saturated heterocycles. The van der Waals surface area contributed by atoms with Crippen LogP contribution in [0.15, 0.2) is 47.8 Å². The largest absolute Gasteiger partial charge is 0.494 e. The second kappa shape index (κ2) is 11.3. The lowest BCUT2D eigenvalue weighted by atomic mass is 10.1. The minimum absolute atomic E-state index is 0.515. The summed E-state index contributed by atoms with van der Waals surface area (Å²) in [5.74, 6) is 1.45. The molecule has 0 radical (unpaired) electrons. The Morgan fingerprint density at radius 3 is 2.52 bits per heavy atom. The van der Waals surface area contributed by atoms with E-state index in [1.807, 2.05) is 43.5 Å². The van der Waals surface area contributed by atoms with Gasteiger partial charge in [-0.2, -0.15) is 5.26 Å². The Morgan fingerprint density at radius 2 is 1.84 bits per heavy atom. The van der Waals surface area contributed by atoms with Gasteiger partial charge in [-0.25, -0.2) is 4.98 Å². The molecule has 0 aliphatic carbocycles. The van der Waals surface area contributed by atoms with Crippen molar-refractivity contribution in [3.8, 4) is 28.8 Å². The summed E-state index contributed by atoms with van der Waals surface area (Å²) in [6.45, 7) is 7.21. The average Bonchev–Trinajstić information content (AvgIpc) is 3.28. The van der Waals surface area contributed by atoms with Gasteiger partial charge in [-0.15, -0.1) is 11.3 Å². The van der Waals surface area contributed by atoms with Gasteiger partial charge in [-0.3, -0.25) is 0 Å². The van der Waals surface area contributed by atoms with E-state index in [2.05, 4.69) is 37.3 Å². The summed E-state index contributed by atoms with van der Waals surface area (Å²) < 4.78 is 11.3. The predicted molar refractivity (Wildman–Crippen MR) is 128 cm³/mol. The van der Waals surface area contributed by atoms with Gasteiger partial charge >= 0.3 is 0 Å². The van der Waals surface area contributed by atoms with Crippen molar-refractivity contribution in [1.29, 1.82) is 5.26 Å². The number of ether oxygens (including phenoxy) is 2. The van der Waals surface area contributed by atoms with Crippen LogP contribution in [-0.4, -0.2) is 18.2 Å². The van der Waals surface area contributed by atoms with Crippen LogP contribution in [0.5, 0.6) is 11.5 Å². The molecule has 31 heavy (non-hydrogen) atoms. The van der Waals surface area contributed by atoms with Gasteiger partial charge in [0.05, 0.1) is 24.5 Å². The molecule has 0 amide bonds. The molecule has 3 aromatic rings. The Kier molecular flexibility index (Phi) is 8.26. The molecule has 0 atom stereocenters. The third-order valence-electron chi connectivity index (χ3n) is 4.82. The minimum atomic E-state index is 0.515. The van der Waals surface area contributed by atoms with Crippen molar-refractivity contribution < 1.29 is 9.47 Å². The van der Waals surface area contributed by atoms with E-state index in [0.29, 0.717) is 29.5 Å². The standard InChI is InChI=1S/C26H28N2O2S/c1-4-7-8-19-9-11-20(12-10-19)24-18-31-26(28-24)22(17-27)15-21-13-14-23(29-5-2)16-25(21)30-6-3/h9-16,18H,4-8H2,1-3H3/b22-15+. The first-order chi connectivity index (χ1) is 15.2. The molecule has 0 aliphatic heterocycles. The molecule has 160 valence electrons. The maximum atomic E-state index is 9.78. The zero-order chi connectivity index (χ0) is 22.1. The number of hydrogen-bond donors (Lipinski definition) is 0. The van der Waals surface area contributed by atoms with E-state index in [1.54, 1.807) is 0 Å². The third-order valence-corrected chi connectivity index (χ3v) is 5.70. The van der Waals surface area contributed by atoms with Crippen LogP contribution in [-0.2, 0) is 6.42 Å². The number of nitrogens with zero attached hydrogens (tertiary/aromatic N) is 2. The predicted octanol–water partition coefficient (Wildman–Crippen LogP) is 7.01. The second-order valence-corrected chi connectivity index (χ2v) is 7.93. The Balaban J connectivity index is 1.86. The van der Waals surface area contributed by atoms with Gasteiger partial charge in [0, 0.05) is 22.6 Å². The monoisotopic (exact) mass is 432 g/mol. The summed E-state index contributed by atoms with van der Waals surface area (Å²) in [5, 5.41) is 12.5. The van der Waals surface area contributed by atoms with Crippen molar-refractivity contribution >= 4 is 23.0 Å². The highest BCUT2D eigenvalue weighted by Crippen LogP contribution is 2.31. The zero-order valence-electron chi connectivity index (χ0n) is 18.4. The van der Waals surface area contributed by atoms with Crippen LogP contribution < -0.4 is 9.47 Å². The van der Waals surface area contributed by atoms with Crippen LogP contribution in [0, 0.1) is 11.3 Å². The Morgan fingerprint density at radius 1 is 1.06 bits per heavy atom. The average molecular weight is 433 g/mol. The SMILES string of the molecule is CCCCc1ccc(-c2csc(/C(C#N)=C/c3ccc(OCC)cc3OCC)n2)cc1. The smallest absolute Gasteiger partial charge is 0.134 e. The number of aryl methyl sites for hydroxylation is 1. The van der Waals surface area contributed by atoms with E-state index in [9.17, 15) is 5.26 Å². The molecule has 0 N–H and O–H groups in total. The Labute approximate surface area is 188 Å². The van der Waals surface area contributed by atoms with E-state index in [4.69, 9.17) is 14.5 Å². The molecule has 1 aromatic heterocycles. The lowest BCUT2D eigenvalue weighted by Gasteiger charge is -2.10. The maximum absolute atomic E-state index is 9.78. The lowest BCUT2D eigenvalue weighted by Crippen LogP contribution is -1.97. The van der Waals surface area contributed by atoms with Gasteiger partial charge in [0.15, 0.2) is 0 Å². The summed E-state index contributed by atoms with van der Waals surface area (Å²) in [6.07, 6.45) is 5.33. The topological polar surface area (TPSA) is 55.1 Å². The van der Waals surface area contributed by atoms with Crippen LogP contribution in [0.4, 0.5) is 0 Å². The van der Waals surface area contributed by atoms with Crippen molar-refractivity contribution in [3.63, 3.8) is 0 Å². The number of rotatable bonds is 10. The molecule has 0 spiro atoms. The quantitative estimate of drug-likeness (QED) is 0.323. The number of benzene rings is 2. The van der Waals surface area contributed by atoms with Gasteiger partial charge in [-0.05, 0) is 50.5 Å². The van der Waals surface area contributed by atoms with Crippen LogP contribution in [0.25, 0.3) is 22.9 Å². The van der Waals surface area contributed by atoms with E-state index >= 15 is 0 Å². The zero-order valence-corrected chi connectivity index (χ0v) is 19.2.